The molecule has 0 aliphatic rings. The molecule has 0 saturated heterocycles. The Morgan fingerprint density at radius 2 is 1.78 bits per heavy atom. The number of aromatic nitrogens is 1. The van der Waals surface area contributed by atoms with Crippen LogP contribution in [0.1, 0.15) is 32.7 Å². The number of nitrogens with zero attached hydrogens (tertiary/aromatic N) is 1. The van der Waals surface area contributed by atoms with Crippen molar-refractivity contribution in [2.75, 3.05) is 11.8 Å². The lowest BCUT2D eigenvalue weighted by Crippen LogP contribution is -2.20. The van der Waals surface area contributed by atoms with Crippen molar-refractivity contribution < 1.29 is 35.6 Å². The summed E-state index contributed by atoms with van der Waals surface area (Å²) in [5.74, 6) is -2.39. The number of likely N-dealkylation sites (N-methyl/N-ethyl adjacent to an activating group) is 1. The molecule has 2 aromatic carbocycles. The number of pyridine rings is 1. The fourth-order valence-electron chi connectivity index (χ4n) is 3.23. The summed E-state index contributed by atoms with van der Waals surface area (Å²) in [5.41, 5.74) is -2.56. The quantitative estimate of drug-likeness (QED) is 0.337. The SMILES string of the molecule is CNC(=O)Cc1ccc(F)c(C(=O)c2ncc(Cl)cc2NS(=O)(=O)c2ccc(C)c(C(F)(F)F)c2)c1. The van der Waals surface area contributed by atoms with Gasteiger partial charge in [-0.1, -0.05) is 23.7 Å². The molecule has 0 aliphatic carbocycles. The number of benzene rings is 2. The van der Waals surface area contributed by atoms with E-state index in [0.717, 1.165) is 36.5 Å². The van der Waals surface area contributed by atoms with Crippen molar-refractivity contribution in [1.29, 1.82) is 0 Å². The Kier molecular flexibility index (Phi) is 7.70. The Bertz CT molecular complexity index is 1460. The van der Waals surface area contributed by atoms with E-state index in [4.69, 9.17) is 11.6 Å². The number of amides is 1. The van der Waals surface area contributed by atoms with E-state index in [1.54, 1.807) is 0 Å². The van der Waals surface area contributed by atoms with Gasteiger partial charge in [0, 0.05) is 13.2 Å². The molecular formula is C23H18ClF4N3O4S. The van der Waals surface area contributed by atoms with Crippen molar-refractivity contribution in [3.63, 3.8) is 0 Å². The van der Waals surface area contributed by atoms with Crippen molar-refractivity contribution in [2.45, 2.75) is 24.4 Å². The van der Waals surface area contributed by atoms with E-state index in [2.05, 4.69) is 10.3 Å². The lowest BCUT2D eigenvalue weighted by Gasteiger charge is -2.15. The smallest absolute Gasteiger partial charge is 0.359 e. The third kappa shape index (κ3) is 6.00. The highest BCUT2D eigenvalue weighted by Crippen LogP contribution is 2.34. The standard InChI is InChI=1S/C23H18ClF4N3O4S/c1-12-3-5-15(10-17(12)23(26,27)28)36(34,35)31-19-9-14(24)11-30-21(19)22(33)16-7-13(4-6-18(16)25)8-20(32)29-2/h3-7,9-11,31H,8H2,1-2H3,(H,29,32). The highest BCUT2D eigenvalue weighted by molar-refractivity contribution is 7.92. The maximum Gasteiger partial charge on any atom is 0.416 e. The zero-order valence-electron chi connectivity index (χ0n) is 18.7. The van der Waals surface area contributed by atoms with Crippen molar-refractivity contribution in [3.05, 3.63) is 87.4 Å². The number of hydrogen-bond acceptors (Lipinski definition) is 5. The summed E-state index contributed by atoms with van der Waals surface area (Å²) in [4.78, 5) is 27.9. The molecule has 3 rings (SSSR count). The van der Waals surface area contributed by atoms with Crippen LogP contribution >= 0.6 is 11.6 Å². The van der Waals surface area contributed by atoms with E-state index in [9.17, 15) is 35.6 Å². The first kappa shape index (κ1) is 27.1. The maximum absolute atomic E-state index is 14.5. The normalized spacial score (nSPS) is 11.8. The summed E-state index contributed by atoms with van der Waals surface area (Å²) in [7, 11) is -3.25. The number of carbonyl (C=O) groups excluding carboxylic acids is 2. The molecule has 0 saturated carbocycles. The van der Waals surface area contributed by atoms with Crippen LogP contribution in [-0.4, -0.2) is 32.1 Å². The molecule has 7 nitrogen and oxygen atoms in total. The number of sulfonamides is 1. The van der Waals surface area contributed by atoms with Gasteiger partial charge in [-0.15, -0.1) is 0 Å². The second-order valence-electron chi connectivity index (χ2n) is 7.62. The van der Waals surface area contributed by atoms with Crippen LogP contribution in [0.25, 0.3) is 0 Å². The third-order valence-electron chi connectivity index (χ3n) is 5.06. The van der Waals surface area contributed by atoms with Gasteiger partial charge in [-0.25, -0.2) is 17.8 Å². The largest absolute Gasteiger partial charge is 0.416 e. The predicted molar refractivity (Wildman–Crippen MR) is 124 cm³/mol. The molecule has 0 atom stereocenters. The molecule has 0 bridgehead atoms. The van der Waals surface area contributed by atoms with Crippen LogP contribution < -0.4 is 10.0 Å². The molecule has 13 heteroatoms. The number of ketones is 1. The number of halogens is 5. The highest BCUT2D eigenvalue weighted by atomic mass is 35.5. The Balaban J connectivity index is 2.04. The van der Waals surface area contributed by atoms with E-state index in [1.165, 1.54) is 20.0 Å². The zero-order chi connectivity index (χ0) is 26.8. The summed E-state index contributed by atoms with van der Waals surface area (Å²) in [5, 5.41) is 2.29. The first-order chi connectivity index (χ1) is 16.7. The lowest BCUT2D eigenvalue weighted by atomic mass is 10.0. The van der Waals surface area contributed by atoms with E-state index in [0.29, 0.717) is 11.6 Å². The van der Waals surface area contributed by atoms with Crippen LogP contribution in [0.5, 0.6) is 0 Å². The van der Waals surface area contributed by atoms with Gasteiger partial charge in [0.25, 0.3) is 10.0 Å². The first-order valence-corrected chi connectivity index (χ1v) is 12.0. The average Bonchev–Trinajstić information content (AvgIpc) is 2.79. The van der Waals surface area contributed by atoms with Gasteiger partial charge in [0.15, 0.2) is 0 Å². The molecule has 0 unspecified atom stereocenters. The summed E-state index contributed by atoms with van der Waals surface area (Å²) in [6, 6.07) is 6.83. The van der Waals surface area contributed by atoms with Crippen LogP contribution in [0.15, 0.2) is 53.6 Å². The van der Waals surface area contributed by atoms with Gasteiger partial charge >= 0.3 is 6.18 Å². The number of rotatable bonds is 7. The Labute approximate surface area is 208 Å². The van der Waals surface area contributed by atoms with Gasteiger partial charge in [-0.3, -0.25) is 14.3 Å². The minimum atomic E-state index is -4.80. The Hall–Kier alpha value is -3.51. The number of alkyl halides is 3. The first-order valence-electron chi connectivity index (χ1n) is 10.1. The van der Waals surface area contributed by atoms with E-state index in [-0.39, 0.29) is 17.0 Å². The molecule has 1 amide bonds. The topological polar surface area (TPSA) is 105 Å². The van der Waals surface area contributed by atoms with Crippen LogP contribution in [0.4, 0.5) is 23.2 Å². The Morgan fingerprint density at radius 3 is 2.42 bits per heavy atom. The lowest BCUT2D eigenvalue weighted by molar-refractivity contribution is -0.138. The summed E-state index contributed by atoms with van der Waals surface area (Å²) >= 11 is 5.90. The van der Waals surface area contributed by atoms with Crippen molar-refractivity contribution in [3.8, 4) is 0 Å². The molecular weight excluding hydrogens is 526 g/mol. The van der Waals surface area contributed by atoms with E-state index < -0.39 is 61.1 Å². The monoisotopic (exact) mass is 543 g/mol. The molecule has 2 N–H and O–H groups in total. The zero-order valence-corrected chi connectivity index (χ0v) is 20.3. The minimum Gasteiger partial charge on any atom is -0.359 e. The number of carbonyl (C=O) groups is 2. The molecule has 1 aromatic heterocycles. The van der Waals surface area contributed by atoms with Gasteiger partial charge < -0.3 is 5.32 Å². The van der Waals surface area contributed by atoms with Gasteiger partial charge in [0.1, 0.15) is 11.5 Å². The van der Waals surface area contributed by atoms with Gasteiger partial charge in [0.2, 0.25) is 11.7 Å². The third-order valence-corrected chi connectivity index (χ3v) is 6.63. The average molecular weight is 544 g/mol. The molecule has 0 radical (unpaired) electrons. The highest BCUT2D eigenvalue weighted by Gasteiger charge is 2.34. The number of hydrogen-bond donors (Lipinski definition) is 2. The van der Waals surface area contributed by atoms with Gasteiger partial charge in [-0.2, -0.15) is 13.2 Å². The van der Waals surface area contributed by atoms with E-state index >= 15 is 0 Å². The van der Waals surface area contributed by atoms with Crippen LogP contribution in [0, 0.1) is 12.7 Å². The van der Waals surface area contributed by atoms with Crippen molar-refractivity contribution in [1.82, 2.24) is 10.3 Å². The second-order valence-corrected chi connectivity index (χ2v) is 9.74. The van der Waals surface area contributed by atoms with Crippen LogP contribution in [0.2, 0.25) is 5.02 Å². The number of aryl methyl sites for hydroxylation is 1. The summed E-state index contributed by atoms with van der Waals surface area (Å²) in [6.45, 7) is 1.18. The van der Waals surface area contributed by atoms with Crippen LogP contribution in [0.3, 0.4) is 0 Å². The predicted octanol–water partition coefficient (Wildman–Crippen LogP) is 4.52. The Morgan fingerprint density at radius 1 is 1.08 bits per heavy atom. The molecule has 1 heterocycles. The number of anilines is 1. The van der Waals surface area contributed by atoms with Crippen LogP contribution in [-0.2, 0) is 27.4 Å². The minimum absolute atomic E-state index is 0.0991. The maximum atomic E-state index is 14.5. The molecule has 0 spiro atoms. The fraction of sp³-hybridized carbons (Fsp3) is 0.174. The molecule has 36 heavy (non-hydrogen) atoms. The second kappa shape index (κ2) is 10.2. The summed E-state index contributed by atoms with van der Waals surface area (Å²) in [6.07, 6.45) is -3.93. The molecule has 3 aromatic rings. The molecule has 0 fully saturated rings. The molecule has 0 aliphatic heterocycles. The fourth-order valence-corrected chi connectivity index (χ4v) is 4.47. The number of nitrogens with one attached hydrogen (secondary N) is 2. The van der Waals surface area contributed by atoms with Crippen molar-refractivity contribution in [2.24, 2.45) is 0 Å². The molecule has 190 valence electrons. The summed E-state index contributed by atoms with van der Waals surface area (Å²) < 4.78 is 82.2. The van der Waals surface area contributed by atoms with Gasteiger partial charge in [0.05, 0.1) is 33.2 Å². The van der Waals surface area contributed by atoms with Gasteiger partial charge in [-0.05, 0) is 48.4 Å². The van der Waals surface area contributed by atoms with Crippen molar-refractivity contribution >= 4 is 39.0 Å². The van der Waals surface area contributed by atoms with E-state index in [1.807, 2.05) is 4.72 Å².